The summed E-state index contributed by atoms with van der Waals surface area (Å²) in [4.78, 5) is 24.0. The molecule has 0 bridgehead atoms. The lowest BCUT2D eigenvalue weighted by Gasteiger charge is -2.15. The molecular formula is C16H15F3N2O3. The second-order valence-corrected chi connectivity index (χ2v) is 5.03. The largest absolute Gasteiger partial charge is 0.481 e. The Kier molecular flexibility index (Phi) is 5.28. The Balaban J connectivity index is 2.09. The number of anilines is 1. The Hall–Kier alpha value is -2.77. The molecule has 0 radical (unpaired) electrons. The minimum Gasteiger partial charge on any atom is -0.481 e. The number of rotatable bonds is 5. The molecule has 0 fully saturated rings. The predicted octanol–water partition coefficient (Wildman–Crippen LogP) is 2.82. The fourth-order valence-electron chi connectivity index (χ4n) is 1.94. The average Bonchev–Trinajstić information content (AvgIpc) is 2.51. The van der Waals surface area contributed by atoms with E-state index in [0.717, 1.165) is 6.20 Å². The third-order valence-electron chi connectivity index (χ3n) is 3.05. The Bertz CT molecular complexity index is 757. The number of amides is 1. The van der Waals surface area contributed by atoms with E-state index in [-0.39, 0.29) is 5.69 Å². The predicted molar refractivity (Wildman–Crippen MR) is 81.9 cm³/mol. The molecule has 1 aromatic carbocycles. The van der Waals surface area contributed by atoms with Crippen LogP contribution >= 0.6 is 0 Å². The van der Waals surface area contributed by atoms with Gasteiger partial charge in [0.2, 0.25) is 0 Å². The normalized spacial score (nSPS) is 12.5. The van der Waals surface area contributed by atoms with Gasteiger partial charge in [-0.05, 0) is 31.2 Å². The van der Waals surface area contributed by atoms with Crippen LogP contribution in [0.4, 0.5) is 18.9 Å². The quantitative estimate of drug-likeness (QED) is 0.910. The highest BCUT2D eigenvalue weighted by Gasteiger charge is 2.28. The van der Waals surface area contributed by atoms with Crippen molar-refractivity contribution in [2.45, 2.75) is 25.7 Å². The van der Waals surface area contributed by atoms with Crippen LogP contribution in [0.3, 0.4) is 0 Å². The average molecular weight is 340 g/mol. The van der Waals surface area contributed by atoms with Crippen LogP contribution in [-0.4, -0.2) is 22.8 Å². The van der Waals surface area contributed by atoms with Gasteiger partial charge in [0, 0.05) is 6.20 Å². The highest BCUT2D eigenvalue weighted by molar-refractivity contribution is 5.93. The topological polar surface area (TPSA) is 60.3 Å². The highest BCUT2D eigenvalue weighted by Crippen LogP contribution is 2.17. The minimum atomic E-state index is -4.53. The smallest absolute Gasteiger partial charge is 0.406 e. The highest BCUT2D eigenvalue weighted by atomic mass is 19.4. The fraction of sp³-hybridized carbons (Fsp3) is 0.250. The van der Waals surface area contributed by atoms with Crippen LogP contribution in [0.25, 0.3) is 0 Å². The number of carbonyl (C=O) groups is 1. The summed E-state index contributed by atoms with van der Waals surface area (Å²) in [5.41, 5.74) is -1.18. The molecule has 1 amide bonds. The maximum atomic E-state index is 12.4. The summed E-state index contributed by atoms with van der Waals surface area (Å²) >= 11 is 0. The molecule has 1 atom stereocenters. The van der Waals surface area contributed by atoms with Gasteiger partial charge >= 0.3 is 6.18 Å². The maximum absolute atomic E-state index is 12.4. The number of hydrogen-bond acceptors (Lipinski definition) is 3. The molecule has 128 valence electrons. The Morgan fingerprint density at radius 2 is 1.88 bits per heavy atom. The van der Waals surface area contributed by atoms with Crippen LogP contribution in [0.1, 0.15) is 6.92 Å². The van der Waals surface area contributed by atoms with Gasteiger partial charge in [-0.2, -0.15) is 13.2 Å². The molecule has 0 aliphatic rings. The van der Waals surface area contributed by atoms with Crippen molar-refractivity contribution >= 4 is 11.6 Å². The summed E-state index contributed by atoms with van der Waals surface area (Å²) in [5.74, 6) is -0.177. The number of pyridine rings is 1. The number of ether oxygens (including phenoxy) is 1. The van der Waals surface area contributed by atoms with Crippen molar-refractivity contribution in [3.05, 3.63) is 59.0 Å². The van der Waals surface area contributed by atoms with Crippen molar-refractivity contribution in [1.29, 1.82) is 0 Å². The summed E-state index contributed by atoms with van der Waals surface area (Å²) < 4.78 is 43.1. The van der Waals surface area contributed by atoms with Gasteiger partial charge in [-0.3, -0.25) is 9.59 Å². The molecule has 1 N–H and O–H groups in total. The molecule has 1 heterocycles. The second-order valence-electron chi connectivity index (χ2n) is 5.03. The molecule has 0 saturated carbocycles. The first-order valence-electron chi connectivity index (χ1n) is 7.05. The lowest BCUT2D eigenvalue weighted by Crippen LogP contribution is -2.34. The lowest BCUT2D eigenvalue weighted by molar-refractivity contribution is -0.141. The third-order valence-corrected chi connectivity index (χ3v) is 3.05. The zero-order valence-corrected chi connectivity index (χ0v) is 12.7. The van der Waals surface area contributed by atoms with Crippen LogP contribution in [0.5, 0.6) is 5.75 Å². The number of para-hydroxylation sites is 1. The first-order chi connectivity index (χ1) is 11.3. The zero-order chi connectivity index (χ0) is 17.7. The summed E-state index contributed by atoms with van der Waals surface area (Å²) in [5, 5.41) is 2.29. The molecule has 0 aliphatic heterocycles. The van der Waals surface area contributed by atoms with Crippen molar-refractivity contribution in [1.82, 2.24) is 4.57 Å². The fourth-order valence-corrected chi connectivity index (χ4v) is 1.94. The van der Waals surface area contributed by atoms with E-state index in [1.165, 1.54) is 19.1 Å². The van der Waals surface area contributed by atoms with Crippen LogP contribution in [-0.2, 0) is 11.3 Å². The number of carbonyl (C=O) groups excluding carboxylic acids is 1. The van der Waals surface area contributed by atoms with E-state index >= 15 is 0 Å². The molecule has 2 aromatic rings. The Morgan fingerprint density at radius 1 is 1.21 bits per heavy atom. The van der Waals surface area contributed by atoms with Gasteiger partial charge in [-0.25, -0.2) is 0 Å². The molecule has 0 saturated heterocycles. The number of nitrogens with one attached hydrogen (secondary N) is 1. The maximum Gasteiger partial charge on any atom is 0.406 e. The SMILES string of the molecule is C[C@H](Oc1ccccc1)C(=O)Nc1cccn(CC(F)(F)F)c1=O. The lowest BCUT2D eigenvalue weighted by atomic mass is 10.3. The van der Waals surface area contributed by atoms with Gasteiger partial charge < -0.3 is 14.6 Å². The summed E-state index contributed by atoms with van der Waals surface area (Å²) in [6, 6.07) is 11.0. The number of aromatic nitrogens is 1. The molecule has 24 heavy (non-hydrogen) atoms. The van der Waals surface area contributed by atoms with Crippen molar-refractivity contribution in [3.8, 4) is 5.75 Å². The van der Waals surface area contributed by atoms with Crippen LogP contribution in [0.2, 0.25) is 0 Å². The molecular weight excluding hydrogens is 325 g/mol. The first-order valence-corrected chi connectivity index (χ1v) is 7.05. The van der Waals surface area contributed by atoms with E-state index in [2.05, 4.69) is 5.32 Å². The summed E-state index contributed by atoms with van der Waals surface area (Å²) in [6.45, 7) is 0.0468. The monoisotopic (exact) mass is 340 g/mol. The third kappa shape index (κ3) is 4.87. The van der Waals surface area contributed by atoms with Crippen LogP contribution in [0, 0.1) is 0 Å². The van der Waals surface area contributed by atoms with E-state index in [0.29, 0.717) is 10.3 Å². The van der Waals surface area contributed by atoms with Crippen molar-refractivity contribution in [3.63, 3.8) is 0 Å². The molecule has 2 rings (SSSR count). The number of halogens is 3. The molecule has 1 aromatic heterocycles. The van der Waals surface area contributed by atoms with Gasteiger partial charge in [-0.15, -0.1) is 0 Å². The molecule has 0 aliphatic carbocycles. The Morgan fingerprint density at radius 3 is 2.50 bits per heavy atom. The standard InChI is InChI=1S/C16H15F3N2O3/c1-11(24-12-6-3-2-4-7-12)14(22)20-13-8-5-9-21(15(13)23)10-16(17,18)19/h2-9,11H,10H2,1H3,(H,20,22)/t11-/m0/s1. The number of alkyl halides is 3. The first kappa shape index (κ1) is 17.6. The van der Waals surface area contributed by atoms with E-state index < -0.39 is 30.3 Å². The number of hydrogen-bond donors (Lipinski definition) is 1. The van der Waals surface area contributed by atoms with Gasteiger partial charge in [-0.1, -0.05) is 18.2 Å². The minimum absolute atomic E-state index is 0.240. The van der Waals surface area contributed by atoms with Gasteiger partial charge in [0.25, 0.3) is 11.5 Å². The van der Waals surface area contributed by atoms with Gasteiger partial charge in [0.05, 0.1) is 0 Å². The van der Waals surface area contributed by atoms with Gasteiger partial charge in [0.15, 0.2) is 6.10 Å². The van der Waals surface area contributed by atoms with E-state index in [9.17, 15) is 22.8 Å². The van der Waals surface area contributed by atoms with Gasteiger partial charge in [0.1, 0.15) is 18.0 Å². The zero-order valence-electron chi connectivity index (χ0n) is 12.7. The summed E-state index contributed by atoms with van der Waals surface area (Å²) in [7, 11) is 0. The van der Waals surface area contributed by atoms with E-state index in [4.69, 9.17) is 4.74 Å². The summed E-state index contributed by atoms with van der Waals surface area (Å²) in [6.07, 6.45) is -4.45. The number of benzene rings is 1. The Labute approximate surface area is 135 Å². The number of nitrogens with zero attached hydrogens (tertiary/aromatic N) is 1. The molecule has 0 spiro atoms. The van der Waals surface area contributed by atoms with Crippen LogP contribution < -0.4 is 15.6 Å². The second kappa shape index (κ2) is 7.20. The van der Waals surface area contributed by atoms with E-state index in [1.807, 2.05) is 0 Å². The van der Waals surface area contributed by atoms with Crippen molar-refractivity contribution in [2.75, 3.05) is 5.32 Å². The van der Waals surface area contributed by atoms with Crippen molar-refractivity contribution < 1.29 is 22.7 Å². The van der Waals surface area contributed by atoms with Crippen LogP contribution in [0.15, 0.2) is 53.5 Å². The molecule has 5 nitrogen and oxygen atoms in total. The molecule has 8 heteroatoms. The molecule has 0 unspecified atom stereocenters. The van der Waals surface area contributed by atoms with Crippen molar-refractivity contribution in [2.24, 2.45) is 0 Å². The van der Waals surface area contributed by atoms with E-state index in [1.54, 1.807) is 30.3 Å².